The third-order valence-corrected chi connectivity index (χ3v) is 5.32. The average Bonchev–Trinajstić information content (AvgIpc) is 3.07. The zero-order valence-electron chi connectivity index (χ0n) is 16.8. The quantitative estimate of drug-likeness (QED) is 0.226. The first-order valence-corrected chi connectivity index (χ1v) is 10.4. The molecule has 1 aliphatic rings. The second-order valence-corrected chi connectivity index (χ2v) is 7.86. The minimum Gasteiger partial charge on any atom is -0.481 e. The van der Waals surface area contributed by atoms with Gasteiger partial charge in [0, 0.05) is 6.07 Å². The van der Waals surface area contributed by atoms with Crippen LogP contribution < -0.4 is 15.2 Å². The number of nitrogens with one attached hydrogen (secondary N) is 1. The lowest BCUT2D eigenvalue weighted by Crippen LogP contribution is -2.35. The van der Waals surface area contributed by atoms with Crippen LogP contribution in [-0.4, -0.2) is 16.7 Å². The van der Waals surface area contributed by atoms with E-state index in [4.69, 9.17) is 4.74 Å². The summed E-state index contributed by atoms with van der Waals surface area (Å²) in [6.07, 6.45) is 1.27. The minimum atomic E-state index is -0.638. The van der Waals surface area contributed by atoms with E-state index in [1.165, 1.54) is 36.4 Å². The van der Waals surface area contributed by atoms with Gasteiger partial charge in [-0.1, -0.05) is 30.3 Å². The van der Waals surface area contributed by atoms with Crippen LogP contribution >= 0.6 is 15.9 Å². The van der Waals surface area contributed by atoms with Gasteiger partial charge in [-0.15, -0.1) is 0 Å². The van der Waals surface area contributed by atoms with Gasteiger partial charge in [-0.2, -0.15) is 0 Å². The van der Waals surface area contributed by atoms with Gasteiger partial charge in [0.1, 0.15) is 18.0 Å². The number of halogens is 2. The van der Waals surface area contributed by atoms with E-state index < -0.39 is 22.6 Å². The number of anilines is 1. The molecule has 8 nitrogen and oxygen atoms in total. The standard InChI is InChI=1S/C23H15BrFN3O5/c24-19-11-15(10-18-22(29)26-27(23(18)30)17-7-2-1-3-8-17)12-20(28(31)32)21(19)33-13-14-5-4-6-16(25)9-14/h1-12H,13H2,(H,26,29)/b18-10-. The van der Waals surface area contributed by atoms with E-state index in [0.29, 0.717) is 11.3 Å². The molecule has 0 unspecified atom stereocenters. The van der Waals surface area contributed by atoms with Crippen LogP contribution in [0.3, 0.4) is 0 Å². The van der Waals surface area contributed by atoms with Crippen molar-refractivity contribution in [1.29, 1.82) is 0 Å². The maximum absolute atomic E-state index is 13.4. The van der Waals surface area contributed by atoms with Crippen molar-refractivity contribution in [3.8, 4) is 5.75 Å². The number of hydrogen-bond donors (Lipinski definition) is 1. The molecule has 3 aromatic carbocycles. The van der Waals surface area contributed by atoms with Crippen LogP contribution in [0.4, 0.5) is 15.8 Å². The van der Waals surface area contributed by atoms with Gasteiger partial charge in [-0.25, -0.2) is 9.40 Å². The fourth-order valence-electron chi connectivity index (χ4n) is 3.23. The third-order valence-electron chi connectivity index (χ3n) is 4.73. The molecule has 1 heterocycles. The zero-order valence-corrected chi connectivity index (χ0v) is 18.4. The summed E-state index contributed by atoms with van der Waals surface area (Å²) in [5.74, 6) is -1.72. The number of hydrogen-bond acceptors (Lipinski definition) is 5. The van der Waals surface area contributed by atoms with Crippen molar-refractivity contribution in [3.05, 3.63) is 104 Å². The number of carbonyl (C=O) groups is 2. The summed E-state index contributed by atoms with van der Waals surface area (Å²) in [5, 5.41) is 12.8. The molecule has 0 spiro atoms. The summed E-state index contributed by atoms with van der Waals surface area (Å²) in [7, 11) is 0. The van der Waals surface area contributed by atoms with Crippen LogP contribution in [0.15, 0.2) is 76.8 Å². The molecule has 0 bridgehead atoms. The molecule has 0 atom stereocenters. The monoisotopic (exact) mass is 511 g/mol. The van der Waals surface area contributed by atoms with Gasteiger partial charge < -0.3 is 4.74 Å². The largest absolute Gasteiger partial charge is 0.481 e. The molecular formula is C23H15BrFN3O5. The summed E-state index contributed by atoms with van der Waals surface area (Å²) in [6.45, 7) is -0.0927. The predicted octanol–water partition coefficient (Wildman–Crippen LogP) is 4.54. The first-order chi connectivity index (χ1) is 15.8. The molecule has 166 valence electrons. The number of ether oxygens (including phenoxy) is 1. The van der Waals surface area contributed by atoms with Crippen molar-refractivity contribution in [2.75, 3.05) is 5.01 Å². The Morgan fingerprint density at radius 1 is 1.09 bits per heavy atom. The Kier molecular flexibility index (Phi) is 6.18. The topological polar surface area (TPSA) is 102 Å². The van der Waals surface area contributed by atoms with E-state index in [-0.39, 0.29) is 33.7 Å². The highest BCUT2D eigenvalue weighted by atomic mass is 79.9. The molecule has 4 rings (SSSR count). The molecule has 1 saturated heterocycles. The van der Waals surface area contributed by atoms with Crippen LogP contribution in [0.1, 0.15) is 11.1 Å². The van der Waals surface area contributed by atoms with Crippen LogP contribution in [0.25, 0.3) is 6.08 Å². The van der Waals surface area contributed by atoms with Gasteiger partial charge in [0.05, 0.1) is 15.1 Å². The van der Waals surface area contributed by atoms with Gasteiger partial charge in [-0.05, 0) is 63.5 Å². The Labute approximate surface area is 195 Å². The van der Waals surface area contributed by atoms with E-state index in [2.05, 4.69) is 21.4 Å². The maximum atomic E-state index is 13.4. The molecule has 2 amide bonds. The second-order valence-electron chi connectivity index (χ2n) is 7.00. The van der Waals surface area contributed by atoms with Gasteiger partial charge in [0.25, 0.3) is 11.8 Å². The molecule has 3 aromatic rings. The van der Waals surface area contributed by atoms with Crippen LogP contribution in [0.2, 0.25) is 0 Å². The minimum absolute atomic E-state index is 0.0560. The SMILES string of the molecule is O=C1NN(c2ccccc2)C(=O)/C1=C\c1cc(Br)c(OCc2cccc(F)c2)c([N+](=O)[O-])c1. The molecular weight excluding hydrogens is 497 g/mol. The number of benzene rings is 3. The lowest BCUT2D eigenvalue weighted by atomic mass is 10.1. The summed E-state index contributed by atoms with van der Waals surface area (Å²) >= 11 is 3.25. The number of nitrogens with zero attached hydrogens (tertiary/aromatic N) is 2. The van der Waals surface area contributed by atoms with Crippen LogP contribution in [-0.2, 0) is 16.2 Å². The fraction of sp³-hybridized carbons (Fsp3) is 0.0435. The van der Waals surface area contributed by atoms with Gasteiger partial charge in [-0.3, -0.25) is 25.1 Å². The molecule has 0 radical (unpaired) electrons. The van der Waals surface area contributed by atoms with Crippen molar-refractivity contribution in [1.82, 2.24) is 5.43 Å². The van der Waals surface area contributed by atoms with Crippen molar-refractivity contribution in [3.63, 3.8) is 0 Å². The Bertz CT molecular complexity index is 1300. The van der Waals surface area contributed by atoms with Crippen LogP contribution in [0.5, 0.6) is 5.75 Å². The number of hydrazine groups is 1. The third kappa shape index (κ3) is 4.75. The fourth-order valence-corrected chi connectivity index (χ4v) is 3.81. The molecule has 10 heteroatoms. The van der Waals surface area contributed by atoms with E-state index in [1.54, 1.807) is 36.4 Å². The average molecular weight is 512 g/mol. The van der Waals surface area contributed by atoms with Crippen LogP contribution in [0, 0.1) is 15.9 Å². The highest BCUT2D eigenvalue weighted by Crippen LogP contribution is 2.38. The normalized spacial score (nSPS) is 14.5. The van der Waals surface area contributed by atoms with E-state index in [1.807, 2.05) is 0 Å². The number of para-hydroxylation sites is 1. The Balaban J connectivity index is 1.63. The number of amides is 2. The van der Waals surface area contributed by atoms with Crippen molar-refractivity contribution in [2.45, 2.75) is 6.61 Å². The zero-order chi connectivity index (χ0) is 23.5. The van der Waals surface area contributed by atoms with E-state index >= 15 is 0 Å². The first-order valence-electron chi connectivity index (χ1n) is 9.61. The van der Waals surface area contributed by atoms with Gasteiger partial charge >= 0.3 is 5.69 Å². The van der Waals surface area contributed by atoms with Crippen molar-refractivity contribution < 1.29 is 23.6 Å². The van der Waals surface area contributed by atoms with Gasteiger partial charge in [0.15, 0.2) is 0 Å². The molecule has 1 fully saturated rings. The number of rotatable bonds is 6. The lowest BCUT2D eigenvalue weighted by Gasteiger charge is -2.13. The molecule has 0 aliphatic carbocycles. The number of nitro benzene ring substituents is 1. The smallest absolute Gasteiger partial charge is 0.312 e. The maximum Gasteiger partial charge on any atom is 0.312 e. The summed E-state index contributed by atoms with van der Waals surface area (Å²) < 4.78 is 19.2. The van der Waals surface area contributed by atoms with Crippen molar-refractivity contribution in [2.24, 2.45) is 0 Å². The Hall–Kier alpha value is -4.05. The highest BCUT2D eigenvalue weighted by molar-refractivity contribution is 9.10. The Morgan fingerprint density at radius 2 is 1.85 bits per heavy atom. The number of nitro groups is 1. The van der Waals surface area contributed by atoms with Gasteiger partial charge in [0.2, 0.25) is 5.75 Å². The molecule has 1 aliphatic heterocycles. The highest BCUT2D eigenvalue weighted by Gasteiger charge is 2.34. The number of carbonyl (C=O) groups excluding carboxylic acids is 2. The van der Waals surface area contributed by atoms with E-state index in [9.17, 15) is 24.1 Å². The van der Waals surface area contributed by atoms with E-state index in [0.717, 1.165) is 5.01 Å². The molecule has 33 heavy (non-hydrogen) atoms. The second kappa shape index (κ2) is 9.21. The lowest BCUT2D eigenvalue weighted by molar-refractivity contribution is -0.386. The van der Waals surface area contributed by atoms with Crippen molar-refractivity contribution >= 4 is 45.2 Å². The Morgan fingerprint density at radius 3 is 2.55 bits per heavy atom. The summed E-state index contributed by atoms with van der Waals surface area (Å²) in [4.78, 5) is 36.2. The summed E-state index contributed by atoms with van der Waals surface area (Å²) in [6, 6.07) is 16.9. The molecule has 1 N–H and O–H groups in total. The summed E-state index contributed by atoms with van der Waals surface area (Å²) in [5.41, 5.74) is 3.15. The first kappa shape index (κ1) is 22.2. The molecule has 0 aromatic heterocycles. The molecule has 0 saturated carbocycles. The predicted molar refractivity (Wildman–Crippen MR) is 122 cm³/mol.